The lowest BCUT2D eigenvalue weighted by molar-refractivity contribution is 0.0526. The molecule has 0 atom stereocenters. The van der Waals surface area contributed by atoms with Gasteiger partial charge in [-0.3, -0.25) is 0 Å². The normalized spacial score (nSPS) is 10.4. The molecule has 0 aliphatic heterocycles. The summed E-state index contributed by atoms with van der Waals surface area (Å²) in [7, 11) is 0. The Balaban J connectivity index is 1.94. The Bertz CT molecular complexity index is 967. The summed E-state index contributed by atoms with van der Waals surface area (Å²) in [5, 5.41) is 0. The maximum absolute atomic E-state index is 11.8. The van der Waals surface area contributed by atoms with Crippen molar-refractivity contribution in [2.75, 3.05) is 6.61 Å². The molecule has 0 spiro atoms. The standard InChI is InChI=1S/C23H22N2O3/c1-4-9-20-16(3)24-21(17-10-7-6-8-11-17)25-22(20)28-19-14-12-18(13-15-19)23(26)27-5-2/h4,6-8,10-15H,1,5,9H2,2-3H3. The van der Waals surface area contributed by atoms with E-state index >= 15 is 0 Å². The Morgan fingerprint density at radius 3 is 2.43 bits per heavy atom. The molecule has 3 aromatic rings. The molecule has 0 aliphatic carbocycles. The number of esters is 1. The number of rotatable bonds is 7. The van der Waals surface area contributed by atoms with E-state index in [1.165, 1.54) is 0 Å². The van der Waals surface area contributed by atoms with Crippen LogP contribution >= 0.6 is 0 Å². The number of carbonyl (C=O) groups is 1. The Morgan fingerprint density at radius 2 is 1.79 bits per heavy atom. The van der Waals surface area contributed by atoms with Crippen molar-refractivity contribution in [1.29, 1.82) is 0 Å². The van der Waals surface area contributed by atoms with Gasteiger partial charge in [-0.2, -0.15) is 4.98 Å². The zero-order valence-corrected chi connectivity index (χ0v) is 16.0. The van der Waals surface area contributed by atoms with Crippen molar-refractivity contribution in [2.45, 2.75) is 20.3 Å². The molecule has 5 heteroatoms. The molecular weight excluding hydrogens is 352 g/mol. The van der Waals surface area contributed by atoms with Gasteiger partial charge < -0.3 is 9.47 Å². The van der Waals surface area contributed by atoms with Crippen molar-refractivity contribution >= 4 is 5.97 Å². The Hall–Kier alpha value is -3.47. The van der Waals surface area contributed by atoms with Crippen LogP contribution < -0.4 is 4.74 Å². The maximum Gasteiger partial charge on any atom is 0.338 e. The quantitative estimate of drug-likeness (QED) is 0.423. The highest BCUT2D eigenvalue weighted by atomic mass is 16.5. The Morgan fingerprint density at radius 1 is 1.07 bits per heavy atom. The first kappa shape index (κ1) is 19.3. The van der Waals surface area contributed by atoms with Gasteiger partial charge in [0.2, 0.25) is 5.88 Å². The van der Waals surface area contributed by atoms with Crippen molar-refractivity contribution < 1.29 is 14.3 Å². The first-order valence-electron chi connectivity index (χ1n) is 9.11. The fraction of sp³-hybridized carbons (Fsp3) is 0.174. The summed E-state index contributed by atoms with van der Waals surface area (Å²) < 4.78 is 11.1. The van der Waals surface area contributed by atoms with Gasteiger partial charge >= 0.3 is 5.97 Å². The Labute approximate surface area is 164 Å². The summed E-state index contributed by atoms with van der Waals surface area (Å²) >= 11 is 0. The summed E-state index contributed by atoms with van der Waals surface area (Å²) in [6, 6.07) is 16.6. The lowest BCUT2D eigenvalue weighted by Gasteiger charge is -2.13. The van der Waals surface area contributed by atoms with Gasteiger partial charge in [-0.15, -0.1) is 6.58 Å². The molecule has 0 unspecified atom stereocenters. The number of aryl methyl sites for hydroxylation is 1. The lowest BCUT2D eigenvalue weighted by atomic mass is 10.1. The van der Waals surface area contributed by atoms with Crippen LogP contribution in [0.15, 0.2) is 67.3 Å². The molecule has 28 heavy (non-hydrogen) atoms. The van der Waals surface area contributed by atoms with Crippen LogP contribution in [0.5, 0.6) is 11.6 Å². The van der Waals surface area contributed by atoms with Gasteiger partial charge in [0.15, 0.2) is 5.82 Å². The minimum absolute atomic E-state index is 0.338. The SMILES string of the molecule is C=CCc1c(C)nc(-c2ccccc2)nc1Oc1ccc(C(=O)OCC)cc1. The van der Waals surface area contributed by atoms with Crippen molar-refractivity contribution in [3.8, 4) is 23.0 Å². The second-order valence-electron chi connectivity index (χ2n) is 6.12. The predicted molar refractivity (Wildman–Crippen MR) is 109 cm³/mol. The van der Waals surface area contributed by atoms with E-state index in [1.54, 1.807) is 37.3 Å². The third-order valence-electron chi connectivity index (χ3n) is 4.14. The minimum atomic E-state index is -0.356. The van der Waals surface area contributed by atoms with Crippen molar-refractivity contribution in [3.05, 3.63) is 84.1 Å². The molecule has 0 N–H and O–H groups in total. The average Bonchev–Trinajstić information content (AvgIpc) is 2.72. The molecule has 0 radical (unpaired) electrons. The molecule has 0 fully saturated rings. The number of ether oxygens (including phenoxy) is 2. The smallest absolute Gasteiger partial charge is 0.338 e. The summed E-state index contributed by atoms with van der Waals surface area (Å²) in [6.07, 6.45) is 2.39. The van der Waals surface area contributed by atoms with Gasteiger partial charge in [-0.05, 0) is 44.5 Å². The molecular formula is C23H22N2O3. The Kier molecular flexibility index (Phi) is 6.17. The lowest BCUT2D eigenvalue weighted by Crippen LogP contribution is -2.05. The van der Waals surface area contributed by atoms with Gasteiger partial charge in [0, 0.05) is 16.8 Å². The molecule has 1 aromatic heterocycles. The van der Waals surface area contributed by atoms with E-state index in [9.17, 15) is 4.79 Å². The van der Waals surface area contributed by atoms with E-state index < -0.39 is 0 Å². The van der Waals surface area contributed by atoms with Crippen molar-refractivity contribution in [2.24, 2.45) is 0 Å². The van der Waals surface area contributed by atoms with Gasteiger partial charge in [-0.1, -0.05) is 36.4 Å². The summed E-state index contributed by atoms with van der Waals surface area (Å²) in [5.41, 5.74) is 3.11. The summed E-state index contributed by atoms with van der Waals surface area (Å²) in [6.45, 7) is 7.86. The zero-order valence-electron chi connectivity index (χ0n) is 16.0. The van der Waals surface area contributed by atoms with Crippen LogP contribution in [0, 0.1) is 6.92 Å². The number of hydrogen-bond donors (Lipinski definition) is 0. The predicted octanol–water partition coefficient (Wildman–Crippen LogP) is 5.15. The number of carbonyl (C=O) groups excluding carboxylic acids is 1. The largest absolute Gasteiger partial charge is 0.462 e. The number of nitrogens with zero attached hydrogens (tertiary/aromatic N) is 2. The van der Waals surface area contributed by atoms with Crippen LogP contribution in [-0.4, -0.2) is 22.5 Å². The molecule has 3 rings (SSSR count). The van der Waals surface area contributed by atoms with Crippen LogP contribution in [0.1, 0.15) is 28.5 Å². The van der Waals surface area contributed by atoms with Crippen LogP contribution in [0.25, 0.3) is 11.4 Å². The number of aromatic nitrogens is 2. The number of benzene rings is 2. The van der Waals surface area contributed by atoms with Gasteiger partial charge in [0.25, 0.3) is 0 Å². The highest BCUT2D eigenvalue weighted by molar-refractivity contribution is 5.89. The first-order valence-corrected chi connectivity index (χ1v) is 9.11. The number of hydrogen-bond acceptors (Lipinski definition) is 5. The zero-order chi connectivity index (χ0) is 19.9. The molecule has 2 aromatic carbocycles. The van der Waals surface area contributed by atoms with E-state index in [-0.39, 0.29) is 5.97 Å². The fourth-order valence-electron chi connectivity index (χ4n) is 2.73. The van der Waals surface area contributed by atoms with Gasteiger partial charge in [0.1, 0.15) is 5.75 Å². The molecule has 5 nitrogen and oxygen atoms in total. The van der Waals surface area contributed by atoms with E-state index in [0.717, 1.165) is 16.8 Å². The molecule has 0 amide bonds. The molecule has 0 saturated carbocycles. The van der Waals surface area contributed by atoms with Gasteiger partial charge in [-0.25, -0.2) is 9.78 Å². The summed E-state index contributed by atoms with van der Waals surface area (Å²) in [4.78, 5) is 21.1. The molecule has 142 valence electrons. The van der Waals surface area contributed by atoms with E-state index in [2.05, 4.69) is 16.5 Å². The second kappa shape index (κ2) is 8.95. The third-order valence-corrected chi connectivity index (χ3v) is 4.14. The van der Waals surface area contributed by atoms with Crippen molar-refractivity contribution in [1.82, 2.24) is 9.97 Å². The summed E-state index contributed by atoms with van der Waals surface area (Å²) in [5.74, 6) is 1.31. The minimum Gasteiger partial charge on any atom is -0.462 e. The third kappa shape index (κ3) is 4.43. The van der Waals surface area contributed by atoms with Crippen LogP contribution in [0.3, 0.4) is 0 Å². The van der Waals surface area contributed by atoms with Crippen molar-refractivity contribution in [3.63, 3.8) is 0 Å². The monoisotopic (exact) mass is 374 g/mol. The second-order valence-corrected chi connectivity index (χ2v) is 6.12. The van der Waals surface area contributed by atoms with Crippen LogP contribution in [0.4, 0.5) is 0 Å². The maximum atomic E-state index is 11.8. The molecule has 0 bridgehead atoms. The average molecular weight is 374 g/mol. The van der Waals surface area contributed by atoms with Crippen LogP contribution in [-0.2, 0) is 11.2 Å². The van der Waals surface area contributed by atoms with Crippen LogP contribution in [0.2, 0.25) is 0 Å². The van der Waals surface area contributed by atoms with E-state index in [1.807, 2.05) is 37.3 Å². The molecule has 0 saturated heterocycles. The topological polar surface area (TPSA) is 61.3 Å². The molecule has 0 aliphatic rings. The van der Waals surface area contributed by atoms with E-state index in [0.29, 0.717) is 36.0 Å². The highest BCUT2D eigenvalue weighted by Gasteiger charge is 2.15. The molecule has 1 heterocycles. The van der Waals surface area contributed by atoms with E-state index in [4.69, 9.17) is 9.47 Å². The first-order chi connectivity index (χ1) is 13.6. The van der Waals surface area contributed by atoms with Gasteiger partial charge in [0.05, 0.1) is 12.2 Å². The fourth-order valence-corrected chi connectivity index (χ4v) is 2.73. The highest BCUT2D eigenvalue weighted by Crippen LogP contribution is 2.29. The number of allylic oxidation sites excluding steroid dienone is 1.